The van der Waals surface area contributed by atoms with Crippen LogP contribution in [-0.2, 0) is 6.73 Å². The number of aliphatic hydroxyl groups excluding tert-OH is 1. The number of nitrogens with one attached hydrogen (secondary N) is 1. The Kier molecular flexibility index (Phi) is 4.31. The standard InChI is InChI=1S/C18H26N4O/c23-12-22-11-15(13-6-8-19-9-7-13)17-18(22)20-10-16(21-17)14-4-2-1-3-5-14/h10-11,13-14,19,23H,1-9,12H2. The predicted molar refractivity (Wildman–Crippen MR) is 90.4 cm³/mol. The van der Waals surface area contributed by atoms with E-state index in [0.717, 1.165) is 42.8 Å². The van der Waals surface area contributed by atoms with Crippen molar-refractivity contribution in [3.63, 3.8) is 0 Å². The van der Waals surface area contributed by atoms with Crippen LogP contribution < -0.4 is 5.32 Å². The first-order valence-corrected chi connectivity index (χ1v) is 9.04. The van der Waals surface area contributed by atoms with Crippen molar-refractivity contribution in [3.05, 3.63) is 23.7 Å². The zero-order valence-electron chi connectivity index (χ0n) is 13.7. The molecule has 0 spiro atoms. The largest absolute Gasteiger partial charge is 0.376 e. The molecular weight excluding hydrogens is 288 g/mol. The highest BCUT2D eigenvalue weighted by Crippen LogP contribution is 2.35. The molecule has 2 fully saturated rings. The van der Waals surface area contributed by atoms with E-state index in [-0.39, 0.29) is 6.73 Å². The van der Waals surface area contributed by atoms with Crippen LogP contribution in [0.25, 0.3) is 11.2 Å². The van der Waals surface area contributed by atoms with Gasteiger partial charge in [0.2, 0.25) is 0 Å². The van der Waals surface area contributed by atoms with Crippen LogP contribution in [-0.4, -0.2) is 32.7 Å². The maximum Gasteiger partial charge on any atom is 0.160 e. The Morgan fingerprint density at radius 3 is 2.61 bits per heavy atom. The Balaban J connectivity index is 1.74. The summed E-state index contributed by atoms with van der Waals surface area (Å²) in [5, 5.41) is 13.1. The van der Waals surface area contributed by atoms with E-state index in [2.05, 4.69) is 16.5 Å². The summed E-state index contributed by atoms with van der Waals surface area (Å²) >= 11 is 0. The van der Waals surface area contributed by atoms with Gasteiger partial charge in [-0.25, -0.2) is 9.97 Å². The van der Waals surface area contributed by atoms with E-state index >= 15 is 0 Å². The number of nitrogens with zero attached hydrogens (tertiary/aromatic N) is 3. The molecule has 0 bridgehead atoms. The molecule has 4 rings (SSSR count). The lowest BCUT2D eigenvalue weighted by Gasteiger charge is -2.23. The van der Waals surface area contributed by atoms with E-state index in [9.17, 15) is 5.11 Å². The smallest absolute Gasteiger partial charge is 0.160 e. The molecule has 1 saturated heterocycles. The lowest BCUT2D eigenvalue weighted by atomic mass is 9.87. The van der Waals surface area contributed by atoms with E-state index in [4.69, 9.17) is 4.98 Å². The van der Waals surface area contributed by atoms with Gasteiger partial charge < -0.3 is 15.0 Å². The highest BCUT2D eigenvalue weighted by atomic mass is 16.3. The minimum absolute atomic E-state index is 0.0288. The van der Waals surface area contributed by atoms with Gasteiger partial charge in [0.1, 0.15) is 12.2 Å². The first-order valence-electron chi connectivity index (χ1n) is 9.04. The zero-order valence-corrected chi connectivity index (χ0v) is 13.7. The quantitative estimate of drug-likeness (QED) is 0.914. The number of aromatic nitrogens is 3. The van der Waals surface area contributed by atoms with Crippen LogP contribution >= 0.6 is 0 Å². The van der Waals surface area contributed by atoms with E-state index in [1.54, 1.807) is 0 Å². The van der Waals surface area contributed by atoms with Crippen molar-refractivity contribution in [2.45, 2.75) is 63.5 Å². The molecule has 1 aliphatic carbocycles. The minimum atomic E-state index is -0.0288. The third-order valence-corrected chi connectivity index (χ3v) is 5.57. The van der Waals surface area contributed by atoms with Gasteiger partial charge in [-0.15, -0.1) is 0 Å². The van der Waals surface area contributed by atoms with Gasteiger partial charge in [0, 0.05) is 17.7 Å². The summed E-state index contributed by atoms with van der Waals surface area (Å²) in [5.74, 6) is 1.10. The monoisotopic (exact) mass is 314 g/mol. The summed E-state index contributed by atoms with van der Waals surface area (Å²) in [5.41, 5.74) is 4.29. The van der Waals surface area contributed by atoms with Gasteiger partial charge in [-0.2, -0.15) is 0 Å². The van der Waals surface area contributed by atoms with Crippen LogP contribution in [0.3, 0.4) is 0 Å². The molecule has 1 saturated carbocycles. The molecule has 1 aliphatic heterocycles. The number of piperidine rings is 1. The van der Waals surface area contributed by atoms with Crippen molar-refractivity contribution >= 4 is 11.2 Å². The van der Waals surface area contributed by atoms with Crippen LogP contribution in [0.5, 0.6) is 0 Å². The van der Waals surface area contributed by atoms with Crippen molar-refractivity contribution in [1.29, 1.82) is 0 Å². The van der Waals surface area contributed by atoms with Crippen LogP contribution in [0.4, 0.5) is 0 Å². The summed E-state index contributed by atoms with van der Waals surface area (Å²) in [6, 6.07) is 0. The molecule has 0 atom stereocenters. The molecule has 2 aliphatic rings. The molecule has 0 aromatic carbocycles. The fraction of sp³-hybridized carbons (Fsp3) is 0.667. The summed E-state index contributed by atoms with van der Waals surface area (Å²) < 4.78 is 1.84. The summed E-state index contributed by atoms with van der Waals surface area (Å²) in [6.07, 6.45) is 12.7. The molecule has 5 heteroatoms. The second-order valence-corrected chi connectivity index (χ2v) is 7.02. The van der Waals surface area contributed by atoms with Crippen molar-refractivity contribution in [3.8, 4) is 0 Å². The van der Waals surface area contributed by atoms with Crippen molar-refractivity contribution < 1.29 is 5.11 Å². The second kappa shape index (κ2) is 6.57. The van der Waals surface area contributed by atoms with Gasteiger partial charge in [-0.05, 0) is 44.7 Å². The summed E-state index contributed by atoms with van der Waals surface area (Å²) in [4.78, 5) is 9.70. The number of hydrogen-bond acceptors (Lipinski definition) is 4. The molecule has 5 nitrogen and oxygen atoms in total. The second-order valence-electron chi connectivity index (χ2n) is 7.02. The van der Waals surface area contributed by atoms with Crippen LogP contribution in [0.15, 0.2) is 12.4 Å². The number of fused-ring (bicyclic) bond motifs is 1. The molecule has 0 unspecified atom stereocenters. The van der Waals surface area contributed by atoms with Gasteiger partial charge in [-0.3, -0.25) is 0 Å². The van der Waals surface area contributed by atoms with Gasteiger partial charge in [-0.1, -0.05) is 19.3 Å². The third-order valence-electron chi connectivity index (χ3n) is 5.57. The van der Waals surface area contributed by atoms with E-state index in [0.29, 0.717) is 11.8 Å². The topological polar surface area (TPSA) is 63.0 Å². The highest BCUT2D eigenvalue weighted by Gasteiger charge is 2.24. The average molecular weight is 314 g/mol. The Labute approximate surface area is 137 Å². The molecule has 2 N–H and O–H groups in total. The Bertz CT molecular complexity index is 669. The lowest BCUT2D eigenvalue weighted by Crippen LogP contribution is -2.26. The van der Waals surface area contributed by atoms with Crippen LogP contribution in [0, 0.1) is 0 Å². The maximum atomic E-state index is 9.65. The fourth-order valence-electron chi connectivity index (χ4n) is 4.22. The first kappa shape index (κ1) is 15.1. The number of aliphatic hydroxyl groups is 1. The molecule has 2 aromatic rings. The molecule has 0 radical (unpaired) electrons. The van der Waals surface area contributed by atoms with E-state index in [1.807, 2.05) is 10.8 Å². The molecular formula is C18H26N4O. The Morgan fingerprint density at radius 2 is 1.87 bits per heavy atom. The van der Waals surface area contributed by atoms with E-state index in [1.165, 1.54) is 37.7 Å². The number of rotatable bonds is 3. The van der Waals surface area contributed by atoms with Gasteiger partial charge in [0.05, 0.1) is 11.9 Å². The Morgan fingerprint density at radius 1 is 1.09 bits per heavy atom. The summed E-state index contributed by atoms with van der Waals surface area (Å²) in [7, 11) is 0. The van der Waals surface area contributed by atoms with E-state index < -0.39 is 0 Å². The van der Waals surface area contributed by atoms with Crippen LogP contribution in [0.2, 0.25) is 0 Å². The predicted octanol–water partition coefficient (Wildman–Crippen LogP) is 2.90. The Hall–Kier alpha value is -1.46. The maximum absolute atomic E-state index is 9.65. The van der Waals surface area contributed by atoms with Crippen molar-refractivity contribution in [1.82, 2.24) is 19.9 Å². The van der Waals surface area contributed by atoms with Gasteiger partial charge in [0.15, 0.2) is 5.65 Å². The average Bonchev–Trinajstić information content (AvgIpc) is 3.01. The van der Waals surface area contributed by atoms with Crippen molar-refractivity contribution in [2.24, 2.45) is 0 Å². The normalized spacial score (nSPS) is 21.1. The lowest BCUT2D eigenvalue weighted by molar-refractivity contribution is 0.214. The van der Waals surface area contributed by atoms with Gasteiger partial charge in [0.25, 0.3) is 0 Å². The molecule has 3 heterocycles. The fourth-order valence-corrected chi connectivity index (χ4v) is 4.22. The minimum Gasteiger partial charge on any atom is -0.376 e. The third kappa shape index (κ3) is 2.88. The molecule has 0 amide bonds. The zero-order chi connectivity index (χ0) is 15.6. The SMILES string of the molecule is OCn1cc(C2CCNCC2)c2nc(C3CCCCC3)cnc21. The molecule has 2 aromatic heterocycles. The van der Waals surface area contributed by atoms with Crippen molar-refractivity contribution in [2.75, 3.05) is 13.1 Å². The first-order chi connectivity index (χ1) is 11.4. The van der Waals surface area contributed by atoms with Crippen LogP contribution in [0.1, 0.15) is 68.0 Å². The van der Waals surface area contributed by atoms with Gasteiger partial charge >= 0.3 is 0 Å². The molecule has 124 valence electrons. The highest BCUT2D eigenvalue weighted by molar-refractivity contribution is 5.76. The number of hydrogen-bond donors (Lipinski definition) is 2. The molecule has 23 heavy (non-hydrogen) atoms. The summed E-state index contributed by atoms with van der Waals surface area (Å²) in [6.45, 7) is 2.09.